The Morgan fingerprint density at radius 2 is 1.56 bits per heavy atom. The van der Waals surface area contributed by atoms with Crippen LogP contribution in [-0.2, 0) is 14.4 Å². The number of carbonyl (C=O) groups is 3. The van der Waals surface area contributed by atoms with Gasteiger partial charge in [-0.05, 0) is 105 Å². The molecule has 0 aliphatic heterocycles. The van der Waals surface area contributed by atoms with Gasteiger partial charge in [0.2, 0.25) is 0 Å². The molecule has 1 unspecified atom stereocenters. The maximum Gasteiger partial charge on any atom is 0.310 e. The van der Waals surface area contributed by atoms with Crippen LogP contribution in [0.15, 0.2) is 11.6 Å². The second-order valence-corrected chi connectivity index (χ2v) is 14.8. The maximum atomic E-state index is 12.8. The van der Waals surface area contributed by atoms with Crippen molar-refractivity contribution in [3.05, 3.63) is 11.6 Å². The summed E-state index contributed by atoms with van der Waals surface area (Å²) in [6.07, 6.45) is 8.34. The van der Waals surface area contributed by atoms with Gasteiger partial charge in [-0.15, -0.1) is 0 Å². The quantitative estimate of drug-likeness (QED) is 0.363. The Morgan fingerprint density at radius 3 is 2.11 bits per heavy atom. The largest absolute Gasteiger partial charge is 0.481 e. The molecule has 0 bridgehead atoms. The molecule has 4 aliphatic carbocycles. The van der Waals surface area contributed by atoms with Gasteiger partial charge in [-0.25, -0.2) is 0 Å². The third-order valence-electron chi connectivity index (χ3n) is 12.3. The van der Waals surface area contributed by atoms with Crippen LogP contribution in [-0.4, -0.2) is 33.2 Å². The molecule has 0 aromatic carbocycles. The van der Waals surface area contributed by atoms with E-state index in [1.165, 1.54) is 5.57 Å². The van der Waals surface area contributed by atoms with E-state index in [0.29, 0.717) is 25.7 Å². The third-order valence-corrected chi connectivity index (χ3v) is 12.3. The molecule has 0 amide bonds. The molecule has 4 aliphatic rings. The number of allylic oxidation sites excluding steroid dienone is 2. The van der Waals surface area contributed by atoms with Gasteiger partial charge in [0.25, 0.3) is 0 Å². The molecular formula is C30H46O6. The smallest absolute Gasteiger partial charge is 0.310 e. The lowest BCUT2D eigenvalue weighted by atomic mass is 9.34. The van der Waals surface area contributed by atoms with Crippen molar-refractivity contribution in [2.75, 3.05) is 0 Å². The zero-order valence-corrected chi connectivity index (χ0v) is 23.2. The molecule has 3 N–H and O–H groups in total. The molecule has 7 atom stereocenters. The molecule has 3 fully saturated rings. The summed E-state index contributed by atoms with van der Waals surface area (Å²) in [6, 6.07) is 0. The predicted octanol–water partition coefficient (Wildman–Crippen LogP) is 6.64. The van der Waals surface area contributed by atoms with Crippen molar-refractivity contribution in [2.24, 2.45) is 50.2 Å². The van der Waals surface area contributed by atoms with Crippen LogP contribution in [0.5, 0.6) is 0 Å². The molecule has 0 radical (unpaired) electrons. The Balaban J connectivity index is 1.86. The van der Waals surface area contributed by atoms with E-state index >= 15 is 0 Å². The van der Waals surface area contributed by atoms with E-state index in [1.54, 1.807) is 13.8 Å². The maximum absolute atomic E-state index is 12.8. The summed E-state index contributed by atoms with van der Waals surface area (Å²) < 4.78 is 0. The molecule has 6 nitrogen and oxygen atoms in total. The number of carboxylic acids is 3. The van der Waals surface area contributed by atoms with Gasteiger partial charge in [0, 0.05) is 0 Å². The molecule has 4 rings (SSSR count). The van der Waals surface area contributed by atoms with Crippen molar-refractivity contribution in [2.45, 2.75) is 106 Å². The van der Waals surface area contributed by atoms with Crippen LogP contribution in [0.1, 0.15) is 106 Å². The zero-order valence-electron chi connectivity index (χ0n) is 23.2. The van der Waals surface area contributed by atoms with E-state index in [2.05, 4.69) is 33.8 Å². The number of fused-ring (bicyclic) bond motifs is 5. The van der Waals surface area contributed by atoms with Gasteiger partial charge >= 0.3 is 17.9 Å². The van der Waals surface area contributed by atoms with E-state index in [4.69, 9.17) is 0 Å². The molecule has 36 heavy (non-hydrogen) atoms. The molecule has 6 heteroatoms. The van der Waals surface area contributed by atoms with Gasteiger partial charge < -0.3 is 15.3 Å². The minimum atomic E-state index is -1.03. The van der Waals surface area contributed by atoms with Gasteiger partial charge in [-0.3, -0.25) is 14.4 Å². The first-order chi connectivity index (χ1) is 16.4. The fraction of sp³-hybridized carbons (Fsp3) is 0.833. The first-order valence-corrected chi connectivity index (χ1v) is 13.8. The number of aliphatic carboxylic acids is 3. The highest BCUT2D eigenvalue weighted by Crippen LogP contribution is 2.74. The summed E-state index contributed by atoms with van der Waals surface area (Å²) >= 11 is 0. The third kappa shape index (κ3) is 3.52. The Kier molecular flexibility index (Phi) is 6.10. The minimum Gasteiger partial charge on any atom is -0.481 e. The van der Waals surface area contributed by atoms with E-state index in [1.807, 2.05) is 6.92 Å². The van der Waals surface area contributed by atoms with E-state index < -0.39 is 34.2 Å². The zero-order chi connectivity index (χ0) is 27.1. The monoisotopic (exact) mass is 502 g/mol. The fourth-order valence-corrected chi connectivity index (χ4v) is 9.90. The van der Waals surface area contributed by atoms with Crippen molar-refractivity contribution < 1.29 is 29.7 Å². The molecule has 0 aromatic rings. The molecule has 202 valence electrons. The minimum absolute atomic E-state index is 0.00538. The van der Waals surface area contributed by atoms with Crippen molar-refractivity contribution in [3.8, 4) is 0 Å². The van der Waals surface area contributed by atoms with E-state index in [9.17, 15) is 29.7 Å². The summed E-state index contributed by atoms with van der Waals surface area (Å²) in [5.74, 6) is -2.67. The second kappa shape index (κ2) is 8.07. The summed E-state index contributed by atoms with van der Waals surface area (Å²) in [5, 5.41) is 30.6. The molecule has 0 aromatic heterocycles. The van der Waals surface area contributed by atoms with Gasteiger partial charge in [0.15, 0.2) is 0 Å². The Labute approximate surface area is 215 Å². The number of hydrogen-bond acceptors (Lipinski definition) is 3. The number of hydrogen-bond donors (Lipinski definition) is 3. The summed E-state index contributed by atoms with van der Waals surface area (Å²) in [4.78, 5) is 37.3. The van der Waals surface area contributed by atoms with Crippen LogP contribution in [0.25, 0.3) is 0 Å². The topological polar surface area (TPSA) is 112 Å². The first-order valence-electron chi connectivity index (χ1n) is 13.8. The Bertz CT molecular complexity index is 1010. The van der Waals surface area contributed by atoms with Crippen LogP contribution in [0, 0.1) is 50.2 Å². The van der Waals surface area contributed by atoms with Gasteiger partial charge in [-0.1, -0.05) is 46.3 Å². The average Bonchev–Trinajstić information content (AvgIpc) is 2.72. The van der Waals surface area contributed by atoms with Crippen LogP contribution in [0.3, 0.4) is 0 Å². The molecule has 0 saturated heterocycles. The van der Waals surface area contributed by atoms with Crippen molar-refractivity contribution in [3.63, 3.8) is 0 Å². The first kappa shape index (κ1) is 27.2. The number of carboxylic acid groups (broad SMARTS) is 3. The molecular weight excluding hydrogens is 456 g/mol. The SMILES string of the molecule is CC1(C)CC[C@]2(C(=O)O)CC[C@]3(C)C(=CC[C@@H]4[C@@](C)(CC(=O)O)C(C(C)(C)C(=O)O)CC[C@]43C)[C@H]2C1. The molecule has 0 heterocycles. The average molecular weight is 503 g/mol. The molecule has 0 spiro atoms. The van der Waals surface area contributed by atoms with Crippen LogP contribution in [0.2, 0.25) is 0 Å². The van der Waals surface area contributed by atoms with Crippen molar-refractivity contribution >= 4 is 17.9 Å². The van der Waals surface area contributed by atoms with Crippen molar-refractivity contribution in [1.29, 1.82) is 0 Å². The van der Waals surface area contributed by atoms with Gasteiger partial charge in [0.05, 0.1) is 17.3 Å². The highest BCUT2D eigenvalue weighted by atomic mass is 16.4. The summed E-state index contributed by atoms with van der Waals surface area (Å²) in [6.45, 7) is 14.6. The summed E-state index contributed by atoms with van der Waals surface area (Å²) in [7, 11) is 0. The van der Waals surface area contributed by atoms with Crippen molar-refractivity contribution in [1.82, 2.24) is 0 Å². The number of rotatable bonds is 5. The van der Waals surface area contributed by atoms with Gasteiger partial charge in [-0.2, -0.15) is 0 Å². The van der Waals surface area contributed by atoms with Crippen LogP contribution >= 0.6 is 0 Å². The fourth-order valence-electron chi connectivity index (χ4n) is 9.90. The predicted molar refractivity (Wildman–Crippen MR) is 137 cm³/mol. The standard InChI is InChI=1S/C30H46O6/c1-25(2)12-14-30(24(35)36)15-13-28(6)18(19(30)16-25)8-9-21-27(5,17-22(31)32)20(10-11-29(21,28)7)26(3,4)23(33)34/h8,19-21H,9-17H2,1-7H3,(H,31,32)(H,33,34)(H,35,36)/t19-,20?,21-,27+,28-,29-,30+/m1/s1. The van der Waals surface area contributed by atoms with Crippen LogP contribution < -0.4 is 0 Å². The lowest BCUT2D eigenvalue weighted by Crippen LogP contribution is -2.63. The van der Waals surface area contributed by atoms with Crippen LogP contribution in [0.4, 0.5) is 0 Å². The Hall–Kier alpha value is -1.85. The van der Waals surface area contributed by atoms with E-state index in [-0.39, 0.29) is 40.4 Å². The normalized spacial score (nSPS) is 43.9. The Morgan fingerprint density at radius 1 is 0.944 bits per heavy atom. The lowest BCUT2D eigenvalue weighted by molar-refractivity contribution is -0.190. The van der Waals surface area contributed by atoms with Gasteiger partial charge in [0.1, 0.15) is 0 Å². The lowest BCUT2D eigenvalue weighted by Gasteiger charge is -2.69. The van der Waals surface area contributed by atoms with E-state index in [0.717, 1.165) is 25.7 Å². The highest BCUT2D eigenvalue weighted by molar-refractivity contribution is 5.77. The second-order valence-electron chi connectivity index (χ2n) is 14.8. The summed E-state index contributed by atoms with van der Waals surface area (Å²) in [5.41, 5.74) is -1.51. The highest BCUT2D eigenvalue weighted by Gasteiger charge is 2.69. The molecule has 3 saturated carbocycles.